The zero-order valence-corrected chi connectivity index (χ0v) is 12.3. The fourth-order valence-electron chi connectivity index (χ4n) is 3.07. The summed E-state index contributed by atoms with van der Waals surface area (Å²) < 4.78 is 13.1. The molecule has 1 aromatic rings. The van der Waals surface area contributed by atoms with Gasteiger partial charge in [0.05, 0.1) is 11.4 Å². The minimum Gasteiger partial charge on any atom is -0.351 e. The van der Waals surface area contributed by atoms with Crippen LogP contribution in [0.15, 0.2) is 42.3 Å². The number of nitrogens with zero attached hydrogens (tertiary/aromatic N) is 1. The van der Waals surface area contributed by atoms with Crippen LogP contribution in [0.4, 0.5) is 14.9 Å². The number of hydrogen-bond donors (Lipinski definition) is 1. The zero-order valence-electron chi connectivity index (χ0n) is 12.3. The molecule has 1 fully saturated rings. The average Bonchev–Trinajstić information content (AvgIpc) is 2.46. The van der Waals surface area contributed by atoms with Crippen molar-refractivity contribution in [1.82, 2.24) is 0 Å². The van der Waals surface area contributed by atoms with Crippen molar-refractivity contribution in [2.24, 2.45) is 17.6 Å². The number of primary amides is 1. The van der Waals surface area contributed by atoms with Gasteiger partial charge in [0.15, 0.2) is 0 Å². The number of benzene rings is 1. The first-order valence-corrected chi connectivity index (χ1v) is 7.29. The maximum atomic E-state index is 13.1. The van der Waals surface area contributed by atoms with Gasteiger partial charge in [-0.05, 0) is 36.6 Å². The summed E-state index contributed by atoms with van der Waals surface area (Å²) in [5.41, 5.74) is 9.68. The van der Waals surface area contributed by atoms with Gasteiger partial charge in [0.2, 0.25) is 0 Å². The molecule has 2 unspecified atom stereocenters. The van der Waals surface area contributed by atoms with E-state index in [0.717, 1.165) is 19.3 Å². The second-order valence-electron chi connectivity index (χ2n) is 5.58. The third-order valence-electron chi connectivity index (χ3n) is 4.19. The molecule has 1 aliphatic rings. The largest absolute Gasteiger partial charge is 0.351 e. The Bertz CT molecular complexity index is 561. The summed E-state index contributed by atoms with van der Waals surface area (Å²) >= 11 is 0. The average molecular weight is 288 g/mol. The van der Waals surface area contributed by atoms with E-state index in [2.05, 4.69) is 19.2 Å². The number of allylic oxidation sites excluding steroid dienone is 1. The van der Waals surface area contributed by atoms with Gasteiger partial charge in [-0.15, -0.1) is 5.73 Å². The van der Waals surface area contributed by atoms with E-state index < -0.39 is 6.03 Å². The molecule has 0 aromatic heterocycles. The molecule has 0 aliphatic heterocycles. The number of carbonyl (C=O) groups excluding carboxylic acids is 1. The molecule has 2 rings (SSSR count). The molecule has 0 radical (unpaired) electrons. The van der Waals surface area contributed by atoms with Crippen LogP contribution in [0.2, 0.25) is 0 Å². The van der Waals surface area contributed by atoms with Gasteiger partial charge in [-0.2, -0.15) is 0 Å². The summed E-state index contributed by atoms with van der Waals surface area (Å²) in [4.78, 5) is 13.3. The highest BCUT2D eigenvalue weighted by atomic mass is 19.1. The normalized spacial score (nSPS) is 21.4. The van der Waals surface area contributed by atoms with Gasteiger partial charge in [0.1, 0.15) is 5.82 Å². The van der Waals surface area contributed by atoms with Crippen LogP contribution in [0.1, 0.15) is 32.6 Å². The Labute approximate surface area is 124 Å². The molecule has 0 heterocycles. The molecule has 112 valence electrons. The summed E-state index contributed by atoms with van der Waals surface area (Å²) in [6.07, 6.45) is 4.43. The second-order valence-corrected chi connectivity index (χ2v) is 5.58. The number of urea groups is 1. The number of hydrogen-bond acceptors (Lipinski definition) is 1. The lowest BCUT2D eigenvalue weighted by Crippen LogP contribution is -2.39. The summed E-state index contributed by atoms with van der Waals surface area (Å²) in [6, 6.07) is 5.13. The molecule has 2 amide bonds. The Balaban J connectivity index is 2.37. The maximum Gasteiger partial charge on any atom is 0.324 e. The van der Waals surface area contributed by atoms with E-state index in [1.165, 1.54) is 23.5 Å². The van der Waals surface area contributed by atoms with Crippen molar-refractivity contribution in [2.75, 3.05) is 4.90 Å². The van der Waals surface area contributed by atoms with Crippen molar-refractivity contribution in [3.63, 3.8) is 0 Å². The first-order valence-electron chi connectivity index (χ1n) is 7.29. The van der Waals surface area contributed by atoms with E-state index in [1.54, 1.807) is 12.1 Å². The number of anilines is 1. The maximum absolute atomic E-state index is 13.1. The van der Waals surface area contributed by atoms with Crippen LogP contribution in [0.25, 0.3) is 0 Å². The molecule has 1 aliphatic carbocycles. The van der Waals surface area contributed by atoms with E-state index in [1.807, 2.05) is 0 Å². The quantitative estimate of drug-likeness (QED) is 0.832. The number of carbonyl (C=O) groups is 1. The molecule has 0 saturated heterocycles. The van der Waals surface area contributed by atoms with Crippen molar-refractivity contribution >= 4 is 11.7 Å². The van der Waals surface area contributed by atoms with Gasteiger partial charge in [0.25, 0.3) is 0 Å². The van der Waals surface area contributed by atoms with E-state index >= 15 is 0 Å². The lowest BCUT2D eigenvalue weighted by molar-refractivity contribution is 0.250. The molecule has 2 N–H and O–H groups in total. The van der Waals surface area contributed by atoms with E-state index in [9.17, 15) is 9.18 Å². The van der Waals surface area contributed by atoms with Gasteiger partial charge in [-0.1, -0.05) is 32.8 Å². The van der Waals surface area contributed by atoms with Gasteiger partial charge in [-0.3, -0.25) is 4.90 Å². The predicted molar refractivity (Wildman–Crippen MR) is 82.2 cm³/mol. The second kappa shape index (κ2) is 6.59. The van der Waals surface area contributed by atoms with Crippen molar-refractivity contribution in [3.05, 3.63) is 48.1 Å². The van der Waals surface area contributed by atoms with Crippen LogP contribution in [-0.4, -0.2) is 6.03 Å². The third-order valence-corrected chi connectivity index (χ3v) is 4.19. The van der Waals surface area contributed by atoms with Gasteiger partial charge in [0, 0.05) is 5.92 Å². The highest BCUT2D eigenvalue weighted by Gasteiger charge is 2.30. The van der Waals surface area contributed by atoms with Gasteiger partial charge < -0.3 is 5.73 Å². The summed E-state index contributed by atoms with van der Waals surface area (Å²) in [5, 5.41) is 0. The number of halogens is 1. The zero-order chi connectivity index (χ0) is 15.4. The Hall–Kier alpha value is -2.06. The Morgan fingerprint density at radius 3 is 2.48 bits per heavy atom. The van der Waals surface area contributed by atoms with E-state index in [0.29, 0.717) is 17.3 Å². The fourth-order valence-corrected chi connectivity index (χ4v) is 3.07. The Morgan fingerprint density at radius 1 is 1.33 bits per heavy atom. The minimum atomic E-state index is -0.592. The monoisotopic (exact) mass is 288 g/mol. The highest BCUT2D eigenvalue weighted by molar-refractivity contribution is 5.94. The Kier molecular flexibility index (Phi) is 4.81. The Morgan fingerprint density at radius 2 is 1.95 bits per heavy atom. The number of rotatable bonds is 3. The highest BCUT2D eigenvalue weighted by Crippen LogP contribution is 2.37. The SMILES string of the molecule is C=C=C(C1CCCCC1C)N(C(N)=O)c1ccc(F)cc1. The topological polar surface area (TPSA) is 46.3 Å². The van der Waals surface area contributed by atoms with Crippen molar-refractivity contribution in [2.45, 2.75) is 32.6 Å². The molecular formula is C17H21FN2O. The first kappa shape index (κ1) is 15.3. The molecule has 1 aromatic carbocycles. The lowest BCUT2D eigenvalue weighted by atomic mass is 9.78. The van der Waals surface area contributed by atoms with Crippen LogP contribution in [0, 0.1) is 17.7 Å². The molecule has 3 nitrogen and oxygen atoms in total. The minimum absolute atomic E-state index is 0.203. The third kappa shape index (κ3) is 3.34. The van der Waals surface area contributed by atoms with Crippen LogP contribution < -0.4 is 10.6 Å². The molecule has 21 heavy (non-hydrogen) atoms. The molecule has 0 bridgehead atoms. The summed E-state index contributed by atoms with van der Waals surface area (Å²) in [6.45, 7) is 5.90. The standard InChI is InChI=1S/C17H21FN2O/c1-3-16(15-7-5-4-6-12(15)2)20(17(19)21)14-10-8-13(18)9-11-14/h8-12,15H,1,4-7H2,2H3,(H2,19,21). The fraction of sp³-hybridized carbons (Fsp3) is 0.412. The van der Waals surface area contributed by atoms with Crippen molar-refractivity contribution in [1.29, 1.82) is 0 Å². The predicted octanol–water partition coefficient (Wildman–Crippen LogP) is 4.21. The van der Waals surface area contributed by atoms with Crippen molar-refractivity contribution < 1.29 is 9.18 Å². The smallest absolute Gasteiger partial charge is 0.324 e. The van der Waals surface area contributed by atoms with E-state index in [-0.39, 0.29) is 11.7 Å². The molecule has 4 heteroatoms. The van der Waals surface area contributed by atoms with E-state index in [4.69, 9.17) is 5.73 Å². The van der Waals surface area contributed by atoms with Crippen LogP contribution in [0.3, 0.4) is 0 Å². The van der Waals surface area contributed by atoms with Crippen molar-refractivity contribution in [3.8, 4) is 0 Å². The van der Waals surface area contributed by atoms with Crippen LogP contribution >= 0.6 is 0 Å². The van der Waals surface area contributed by atoms with Crippen LogP contribution in [0.5, 0.6) is 0 Å². The number of amides is 2. The molecular weight excluding hydrogens is 267 g/mol. The lowest BCUT2D eigenvalue weighted by Gasteiger charge is -2.34. The van der Waals surface area contributed by atoms with Gasteiger partial charge >= 0.3 is 6.03 Å². The molecule has 2 atom stereocenters. The van der Waals surface area contributed by atoms with Gasteiger partial charge in [-0.25, -0.2) is 9.18 Å². The summed E-state index contributed by atoms with van der Waals surface area (Å²) in [5.74, 6) is 0.303. The number of nitrogens with two attached hydrogens (primary N) is 1. The summed E-state index contributed by atoms with van der Waals surface area (Å²) in [7, 11) is 0. The van der Waals surface area contributed by atoms with Crippen LogP contribution in [-0.2, 0) is 0 Å². The molecule has 1 saturated carbocycles. The first-order chi connectivity index (χ1) is 10.0. The molecule has 0 spiro atoms.